The second kappa shape index (κ2) is 16.0. The van der Waals surface area contributed by atoms with Gasteiger partial charge in [0.25, 0.3) is 0 Å². The van der Waals surface area contributed by atoms with E-state index in [1.165, 1.54) is 67.7 Å². The van der Waals surface area contributed by atoms with Crippen molar-refractivity contribution in [2.75, 3.05) is 19.1 Å². The number of benzene rings is 3. The number of aliphatic imine (C=N–C) groups is 2. The Morgan fingerprint density at radius 3 is 1.74 bits per heavy atom. The summed E-state index contributed by atoms with van der Waals surface area (Å²) >= 11 is 2.04. The number of alkyl halides is 9. The lowest BCUT2D eigenvalue weighted by atomic mass is 10.1. The maximum absolute atomic E-state index is 12.5. The summed E-state index contributed by atoms with van der Waals surface area (Å²) in [5.41, 5.74) is -0.0222. The Hall–Kier alpha value is -2.97. The number of halogens is 9. The quantitative estimate of drug-likeness (QED) is 0.140. The van der Waals surface area contributed by atoms with Gasteiger partial charge in [-0.15, -0.1) is 11.8 Å². The Kier molecular flexibility index (Phi) is 13.4. The van der Waals surface area contributed by atoms with E-state index in [0.29, 0.717) is 34.6 Å². The fraction of sp³-hybridized carbons (Fsp3) is 0.286. The highest BCUT2D eigenvalue weighted by Gasteiger charge is 2.35. The van der Waals surface area contributed by atoms with Crippen molar-refractivity contribution in [1.82, 2.24) is 0 Å². The molecule has 14 heteroatoms. The first-order valence-electron chi connectivity index (χ1n) is 11.9. The van der Waals surface area contributed by atoms with Crippen molar-refractivity contribution in [3.63, 3.8) is 0 Å². The molecule has 0 radical (unpaired) electrons. The molecule has 0 N–H and O–H groups in total. The summed E-state index contributed by atoms with van der Waals surface area (Å²) in [6, 6.07) is 17.4. The minimum atomic E-state index is -4.40. The average molecular weight is 641 g/mol. The Balaban J connectivity index is 0.000000369. The fourth-order valence-electron chi connectivity index (χ4n) is 3.01. The van der Waals surface area contributed by atoms with Crippen LogP contribution in [0.2, 0.25) is 0 Å². The summed E-state index contributed by atoms with van der Waals surface area (Å²) in [4.78, 5) is 7.61. The Morgan fingerprint density at radius 1 is 0.762 bits per heavy atom. The van der Waals surface area contributed by atoms with Crippen LogP contribution in [-0.2, 0) is 22.8 Å². The third-order valence-corrected chi connectivity index (χ3v) is 6.95. The van der Waals surface area contributed by atoms with Crippen molar-refractivity contribution in [1.29, 1.82) is 0 Å². The maximum atomic E-state index is 12.5. The number of rotatable bonds is 8. The molecule has 0 aliphatic rings. The first-order valence-corrected chi connectivity index (χ1v) is 14.2. The Labute approximate surface area is 245 Å². The third kappa shape index (κ3) is 12.5. The molecule has 0 aliphatic carbocycles. The Morgan fingerprint density at radius 2 is 1.29 bits per heavy atom. The van der Waals surface area contributed by atoms with Crippen molar-refractivity contribution in [2.45, 2.75) is 30.4 Å². The van der Waals surface area contributed by atoms with Gasteiger partial charge in [-0.05, 0) is 60.4 Å². The minimum absolute atomic E-state index is 0.314. The normalized spacial score (nSPS) is 13.5. The van der Waals surface area contributed by atoms with Crippen LogP contribution >= 0.6 is 23.5 Å². The summed E-state index contributed by atoms with van der Waals surface area (Å²) < 4.78 is 117. The second-order valence-corrected chi connectivity index (χ2v) is 10.1. The van der Waals surface area contributed by atoms with Crippen molar-refractivity contribution in [2.24, 2.45) is 9.98 Å². The lowest BCUT2D eigenvalue weighted by Crippen LogP contribution is -2.18. The molecular weight excluding hydrogens is 615 g/mol. The lowest BCUT2D eigenvalue weighted by Gasteiger charge is -2.11. The summed E-state index contributed by atoms with van der Waals surface area (Å²) in [6.45, 7) is 0. The molecule has 42 heavy (non-hydrogen) atoms. The third-order valence-electron chi connectivity index (χ3n) is 5.14. The van der Waals surface area contributed by atoms with E-state index in [0.717, 1.165) is 29.8 Å². The van der Waals surface area contributed by atoms with Crippen molar-refractivity contribution < 1.29 is 44.3 Å². The molecule has 3 nitrogen and oxygen atoms in total. The van der Waals surface area contributed by atoms with E-state index < -0.39 is 34.7 Å². The monoisotopic (exact) mass is 640 g/mol. The van der Waals surface area contributed by atoms with Gasteiger partial charge in [0.2, 0.25) is 0 Å². The molecule has 0 aliphatic heterocycles. The molecule has 1 atom stereocenters. The van der Waals surface area contributed by atoms with E-state index in [1.807, 2.05) is 0 Å². The molecule has 0 amide bonds. The summed E-state index contributed by atoms with van der Waals surface area (Å²) in [6.07, 6.45) is -10.7. The zero-order valence-corrected chi connectivity index (χ0v) is 23.7. The van der Waals surface area contributed by atoms with E-state index in [9.17, 15) is 39.5 Å². The molecule has 3 aromatic carbocycles. The number of hydrogen-bond acceptors (Lipinski definition) is 5. The van der Waals surface area contributed by atoms with Crippen molar-refractivity contribution in [3.8, 4) is 0 Å². The van der Waals surface area contributed by atoms with Gasteiger partial charge in [0, 0.05) is 24.8 Å². The van der Waals surface area contributed by atoms with Crippen LogP contribution in [0.3, 0.4) is 0 Å². The van der Waals surface area contributed by atoms with E-state index in [2.05, 4.69) is 9.98 Å². The zero-order valence-electron chi connectivity index (χ0n) is 22.1. The van der Waals surface area contributed by atoms with Gasteiger partial charge >= 0.3 is 18.5 Å². The average Bonchev–Trinajstić information content (AvgIpc) is 2.93. The molecule has 0 bridgehead atoms. The summed E-state index contributed by atoms with van der Waals surface area (Å²) in [7, 11) is 1.47. The van der Waals surface area contributed by atoms with Gasteiger partial charge in [0.05, 0.1) is 22.5 Å². The predicted octanol–water partition coefficient (Wildman–Crippen LogP) is 10.0. The van der Waals surface area contributed by atoms with E-state index in [1.54, 1.807) is 18.2 Å². The number of methoxy groups -OCH3 is 1. The second-order valence-electron chi connectivity index (χ2n) is 8.26. The number of ether oxygens (including phenoxy) is 1. The van der Waals surface area contributed by atoms with Crippen LogP contribution in [0.5, 0.6) is 0 Å². The topological polar surface area (TPSA) is 34.0 Å². The molecule has 3 rings (SSSR count). The highest BCUT2D eigenvalue weighted by molar-refractivity contribution is 8.13. The van der Waals surface area contributed by atoms with E-state index in [4.69, 9.17) is 4.74 Å². The van der Waals surface area contributed by atoms with Crippen LogP contribution < -0.4 is 0 Å². The summed E-state index contributed by atoms with van der Waals surface area (Å²) in [5.74, 6) is 0.980. The molecule has 0 heterocycles. The molecule has 0 aromatic heterocycles. The Bertz CT molecular complexity index is 1270. The van der Waals surface area contributed by atoms with Gasteiger partial charge in [-0.1, -0.05) is 30.3 Å². The van der Waals surface area contributed by atoms with Crippen molar-refractivity contribution in [3.05, 3.63) is 95.6 Å². The number of hydrogen-bond donors (Lipinski definition) is 0. The minimum Gasteiger partial charge on any atom is -0.375 e. The first kappa shape index (κ1) is 35.2. The smallest absolute Gasteiger partial charge is 0.375 e. The van der Waals surface area contributed by atoms with Gasteiger partial charge in [-0.25, -0.2) is 4.99 Å². The molecule has 228 valence electrons. The fourth-order valence-corrected chi connectivity index (χ4v) is 4.43. The van der Waals surface area contributed by atoms with Crippen LogP contribution in [0, 0.1) is 0 Å². The maximum Gasteiger partial charge on any atom is 0.439 e. The molecule has 1 unspecified atom stereocenters. The molecular formula is C28H25F9N2OS2. The molecule has 0 saturated carbocycles. The number of thioether (sulfide) groups is 2. The molecule has 3 aromatic rings. The highest BCUT2D eigenvalue weighted by atomic mass is 32.2. The highest BCUT2D eigenvalue weighted by Crippen LogP contribution is 2.31. The van der Waals surface area contributed by atoms with Crippen LogP contribution in [0.4, 0.5) is 50.9 Å². The van der Waals surface area contributed by atoms with Gasteiger partial charge < -0.3 is 4.74 Å². The van der Waals surface area contributed by atoms with Crippen molar-refractivity contribution >= 4 is 46.2 Å². The summed E-state index contributed by atoms with van der Waals surface area (Å²) in [5, 5.41) is -0.830. The first-order chi connectivity index (χ1) is 19.6. The van der Waals surface area contributed by atoms with Crippen LogP contribution in [0.25, 0.3) is 0 Å². The molecule has 0 saturated heterocycles. The van der Waals surface area contributed by atoms with Gasteiger partial charge in [0.15, 0.2) is 5.04 Å². The van der Waals surface area contributed by atoms with Crippen LogP contribution in [0.15, 0.2) is 88.8 Å². The van der Waals surface area contributed by atoms with Crippen LogP contribution in [-0.4, -0.2) is 42.7 Å². The lowest BCUT2D eigenvalue weighted by molar-refractivity contribution is -0.138. The van der Waals surface area contributed by atoms with E-state index in [-0.39, 0.29) is 6.10 Å². The number of para-hydroxylation sites is 1. The van der Waals surface area contributed by atoms with Gasteiger partial charge in [-0.2, -0.15) is 51.3 Å². The van der Waals surface area contributed by atoms with Crippen LogP contribution in [0.1, 0.15) is 16.7 Å². The molecule has 0 spiro atoms. The van der Waals surface area contributed by atoms with Gasteiger partial charge in [0.1, 0.15) is 6.10 Å². The van der Waals surface area contributed by atoms with E-state index >= 15 is 0 Å². The molecule has 0 fully saturated rings. The standard InChI is InChI=1S/C19H17F6NOS.C9H8F3NS/c1-27-17(10-26-16-8-6-15(7-9-16)19(23,24)25)12-28-11-13-2-4-14(5-3-13)18(20,21)22;1-14-8(9(10,11)12)13-7-5-3-2-4-6-7/h2-10,17H,11-12H2,1H3;2-6H,1H3. The largest absolute Gasteiger partial charge is 0.439 e. The SMILES string of the molecule is COC(C=Nc1ccc(C(F)(F)F)cc1)CSCc1ccc(C(F)(F)F)cc1.CSC(=Nc1ccccc1)C(F)(F)F. The zero-order chi connectivity index (χ0) is 31.4. The predicted molar refractivity (Wildman–Crippen MR) is 151 cm³/mol. The number of nitrogens with zero attached hydrogens (tertiary/aromatic N) is 2. The van der Waals surface area contributed by atoms with Gasteiger partial charge in [-0.3, -0.25) is 4.99 Å².